The number of hydrogen-bond donors (Lipinski definition) is 3. The second-order valence-electron chi connectivity index (χ2n) is 8.60. The van der Waals surface area contributed by atoms with Crippen molar-refractivity contribution in [1.29, 1.82) is 0 Å². The van der Waals surface area contributed by atoms with Crippen LogP contribution in [0.4, 0.5) is 24.5 Å². The van der Waals surface area contributed by atoms with Crippen LogP contribution in [-0.4, -0.2) is 54.0 Å². The quantitative estimate of drug-likeness (QED) is 0.306. The second kappa shape index (κ2) is 15.4. The molecule has 0 spiro atoms. The zero-order chi connectivity index (χ0) is 32.3. The van der Waals surface area contributed by atoms with Crippen molar-refractivity contribution in [2.24, 2.45) is 11.0 Å². The number of rotatable bonds is 8. The molecule has 2 heterocycles. The molecule has 1 aliphatic rings. The molecule has 43 heavy (non-hydrogen) atoms. The number of carbonyl (C=O) groups is 3. The average Bonchev–Trinajstić information content (AvgIpc) is 3.32. The Balaban J connectivity index is 0.00000186. The summed E-state index contributed by atoms with van der Waals surface area (Å²) in [6.07, 6.45) is -0.0525. The molecular weight excluding hydrogens is 567 g/mol. The number of likely N-dealkylation sites (N-methyl/N-ethyl adjacent to an activating group) is 1. The molecule has 232 valence electrons. The molecule has 1 aliphatic heterocycles. The molecule has 3 amide bonds. The van der Waals surface area contributed by atoms with E-state index in [1.54, 1.807) is 30.5 Å². The van der Waals surface area contributed by atoms with Crippen molar-refractivity contribution < 1.29 is 38.8 Å². The molecular formula is C30H36F3N5O5. The lowest BCUT2D eigenvalue weighted by molar-refractivity contribution is -0.146. The van der Waals surface area contributed by atoms with Gasteiger partial charge in [-0.15, -0.1) is 0 Å². The van der Waals surface area contributed by atoms with Crippen LogP contribution in [0.5, 0.6) is 5.75 Å². The molecule has 13 heteroatoms. The van der Waals surface area contributed by atoms with Crippen LogP contribution < -0.4 is 20.4 Å². The van der Waals surface area contributed by atoms with Crippen molar-refractivity contribution in [3.05, 3.63) is 72.4 Å². The van der Waals surface area contributed by atoms with E-state index < -0.39 is 41.5 Å². The normalized spacial score (nSPS) is 14.7. The van der Waals surface area contributed by atoms with Crippen LogP contribution >= 0.6 is 0 Å². The number of amides is 3. The summed E-state index contributed by atoms with van der Waals surface area (Å²) in [5.74, 6) is -7.95. The van der Waals surface area contributed by atoms with Crippen molar-refractivity contribution >= 4 is 34.8 Å². The number of benzene rings is 2. The van der Waals surface area contributed by atoms with Crippen LogP contribution in [0.3, 0.4) is 0 Å². The zero-order valence-electron chi connectivity index (χ0n) is 24.6. The van der Waals surface area contributed by atoms with E-state index in [0.717, 1.165) is 31.3 Å². The molecule has 3 N–H and O–H groups in total. The number of carbonyl (C=O) groups excluding carboxylic acids is 3. The summed E-state index contributed by atoms with van der Waals surface area (Å²) in [6.45, 7) is 6.71. The van der Waals surface area contributed by atoms with Gasteiger partial charge in [0.2, 0.25) is 12.3 Å². The van der Waals surface area contributed by atoms with Crippen molar-refractivity contribution in [2.75, 3.05) is 24.5 Å². The van der Waals surface area contributed by atoms with E-state index in [4.69, 9.17) is 9.84 Å². The third-order valence-corrected chi connectivity index (χ3v) is 5.84. The number of hydrazone groups is 1. The Morgan fingerprint density at radius 3 is 2.40 bits per heavy atom. The predicted molar refractivity (Wildman–Crippen MR) is 160 cm³/mol. The van der Waals surface area contributed by atoms with Gasteiger partial charge in [0, 0.05) is 45.5 Å². The maximum absolute atomic E-state index is 14.3. The minimum Gasteiger partial charge on any atom is -0.460 e. The molecule has 0 bridgehead atoms. The van der Waals surface area contributed by atoms with Gasteiger partial charge in [-0.05, 0) is 49.4 Å². The summed E-state index contributed by atoms with van der Waals surface area (Å²) >= 11 is 0. The third-order valence-electron chi connectivity index (χ3n) is 5.84. The molecule has 3 aromatic rings. The number of aromatic nitrogens is 1. The van der Waals surface area contributed by atoms with E-state index in [1.807, 2.05) is 19.2 Å². The molecule has 0 saturated heterocycles. The lowest BCUT2D eigenvalue weighted by atomic mass is 10.0. The maximum Gasteiger partial charge on any atom is 0.349 e. The minimum absolute atomic E-state index is 0. The van der Waals surface area contributed by atoms with E-state index in [-0.39, 0.29) is 24.3 Å². The van der Waals surface area contributed by atoms with Gasteiger partial charge in [0.25, 0.3) is 11.8 Å². The summed E-state index contributed by atoms with van der Waals surface area (Å²) in [5, 5.41) is 16.6. The molecule has 2 atom stereocenters. The number of nitrogens with one attached hydrogen (secondary N) is 2. The van der Waals surface area contributed by atoms with E-state index in [1.165, 1.54) is 38.1 Å². The van der Waals surface area contributed by atoms with Crippen molar-refractivity contribution in [2.45, 2.75) is 40.0 Å². The zero-order valence-corrected chi connectivity index (χ0v) is 24.6. The standard InChI is InChI=1S/C27H24F3N5O4.C2H6.CH4O.H2/c1-15-23(24(36)33-18-8-6-7-17(13-18)27(29,30)26(38)31-3)25(37)35(34-15)19-10-11-22(39-16(2)28)20(14-19)21-9-4-5-12-32-21;2*1-2;/h4-14,16,23H,1-3H3,(H,31,38)(H,33,36);1-2H3;2H,1H3;1H. The number of alkyl halides is 3. The fourth-order valence-corrected chi connectivity index (χ4v) is 4.00. The van der Waals surface area contributed by atoms with Gasteiger partial charge in [-0.25, -0.2) is 4.39 Å². The minimum atomic E-state index is -3.83. The lowest BCUT2D eigenvalue weighted by Crippen LogP contribution is -2.37. The van der Waals surface area contributed by atoms with Crippen molar-refractivity contribution in [3.63, 3.8) is 0 Å². The highest BCUT2D eigenvalue weighted by molar-refractivity contribution is 6.28. The van der Waals surface area contributed by atoms with Crippen molar-refractivity contribution in [1.82, 2.24) is 10.3 Å². The van der Waals surface area contributed by atoms with Gasteiger partial charge in [0.1, 0.15) is 5.75 Å². The molecule has 0 fully saturated rings. The number of halogens is 3. The highest BCUT2D eigenvalue weighted by Gasteiger charge is 2.42. The van der Waals surface area contributed by atoms with Gasteiger partial charge in [-0.3, -0.25) is 19.4 Å². The van der Waals surface area contributed by atoms with Gasteiger partial charge < -0.3 is 20.5 Å². The number of nitrogens with zero attached hydrogens (tertiary/aromatic N) is 3. The summed E-state index contributed by atoms with van der Waals surface area (Å²) in [5.41, 5.74) is 0.656. The fraction of sp³-hybridized carbons (Fsp3) is 0.300. The van der Waals surface area contributed by atoms with Crippen LogP contribution in [0.2, 0.25) is 0 Å². The van der Waals surface area contributed by atoms with Crippen LogP contribution in [0.1, 0.15) is 34.7 Å². The molecule has 10 nitrogen and oxygen atoms in total. The molecule has 0 saturated carbocycles. The first-order valence-electron chi connectivity index (χ1n) is 13.2. The van der Waals surface area contributed by atoms with Gasteiger partial charge in [-0.2, -0.15) is 18.9 Å². The number of pyridine rings is 1. The Morgan fingerprint density at radius 1 is 1.09 bits per heavy atom. The average molecular weight is 604 g/mol. The second-order valence-corrected chi connectivity index (χ2v) is 8.60. The number of aliphatic hydroxyl groups is 1. The molecule has 0 aliphatic carbocycles. The molecule has 2 unspecified atom stereocenters. The fourth-order valence-electron chi connectivity index (χ4n) is 4.00. The summed E-state index contributed by atoms with van der Waals surface area (Å²) < 4.78 is 47.6. The molecule has 2 aromatic carbocycles. The third kappa shape index (κ3) is 7.95. The smallest absolute Gasteiger partial charge is 0.349 e. The summed E-state index contributed by atoms with van der Waals surface area (Å²) in [6, 6.07) is 14.3. The van der Waals surface area contributed by atoms with Crippen LogP contribution in [0.15, 0.2) is 72.0 Å². The monoisotopic (exact) mass is 603 g/mol. The maximum atomic E-state index is 14.3. The van der Waals surface area contributed by atoms with Crippen molar-refractivity contribution in [3.8, 4) is 17.0 Å². The Hall–Kier alpha value is -4.78. The highest BCUT2D eigenvalue weighted by atomic mass is 19.3. The van der Waals surface area contributed by atoms with Gasteiger partial charge >= 0.3 is 5.92 Å². The number of anilines is 2. The van der Waals surface area contributed by atoms with Gasteiger partial charge in [-0.1, -0.05) is 32.0 Å². The van der Waals surface area contributed by atoms with E-state index in [2.05, 4.69) is 15.4 Å². The van der Waals surface area contributed by atoms with Crippen LogP contribution in [0, 0.1) is 5.92 Å². The number of ether oxygens (including phenoxy) is 1. The number of hydrogen-bond acceptors (Lipinski definition) is 7. The first-order chi connectivity index (χ1) is 20.5. The Bertz CT molecular complexity index is 1460. The van der Waals surface area contributed by atoms with E-state index >= 15 is 0 Å². The first kappa shape index (κ1) is 34.4. The Morgan fingerprint density at radius 2 is 1.79 bits per heavy atom. The van der Waals surface area contributed by atoms with Gasteiger partial charge in [0.15, 0.2) is 5.92 Å². The predicted octanol–water partition coefficient (Wildman–Crippen LogP) is 5.14. The Labute approximate surface area is 249 Å². The highest BCUT2D eigenvalue weighted by Crippen LogP contribution is 2.36. The van der Waals surface area contributed by atoms with E-state index in [0.29, 0.717) is 11.3 Å². The van der Waals surface area contributed by atoms with E-state index in [9.17, 15) is 27.6 Å². The van der Waals surface area contributed by atoms with Crippen LogP contribution in [-0.2, 0) is 20.3 Å². The van der Waals surface area contributed by atoms with Crippen LogP contribution in [0.25, 0.3) is 11.3 Å². The first-order valence-corrected chi connectivity index (χ1v) is 13.2. The number of aliphatic hydroxyl groups excluding tert-OH is 1. The summed E-state index contributed by atoms with van der Waals surface area (Å²) in [4.78, 5) is 42.2. The largest absolute Gasteiger partial charge is 0.460 e. The topological polar surface area (TPSA) is 133 Å². The lowest BCUT2D eigenvalue weighted by Gasteiger charge is -2.18. The van der Waals surface area contributed by atoms with Gasteiger partial charge in [0.05, 0.1) is 17.1 Å². The summed E-state index contributed by atoms with van der Waals surface area (Å²) in [7, 11) is 2.09. The SMILES string of the molecule is CC.CNC(=O)C(F)(F)c1cccc(NC(=O)C2C(=O)N(c3ccc(OC(C)F)c(-c4ccccn4)c3)N=C2C)c1.CO.[HH]. The Kier molecular flexibility index (Phi) is 12.4. The molecule has 0 radical (unpaired) electrons. The molecule has 4 rings (SSSR count). The molecule has 1 aromatic heterocycles.